The molecule has 0 saturated heterocycles. The summed E-state index contributed by atoms with van der Waals surface area (Å²) in [6, 6.07) is 3.00. The summed E-state index contributed by atoms with van der Waals surface area (Å²) in [6.07, 6.45) is 0.623. The zero-order valence-corrected chi connectivity index (χ0v) is 9.34. The van der Waals surface area contributed by atoms with Crippen molar-refractivity contribution in [1.29, 1.82) is 0 Å². The van der Waals surface area contributed by atoms with Crippen LogP contribution in [0.15, 0.2) is 12.1 Å². The first-order chi connectivity index (χ1) is 7.54. The Balaban J connectivity index is 2.64. The molecular weight excluding hydrogens is 230 g/mol. The van der Waals surface area contributed by atoms with Gasteiger partial charge in [-0.25, -0.2) is 4.79 Å². The zero-order chi connectivity index (χ0) is 11.9. The van der Waals surface area contributed by atoms with Gasteiger partial charge >= 0.3 is 5.97 Å². The second kappa shape index (κ2) is 3.79. The Morgan fingerprint density at radius 1 is 1.56 bits per heavy atom. The number of hydrogen-bond donors (Lipinski definition) is 2. The number of anilines is 1. The molecule has 1 atom stereocenters. The van der Waals surface area contributed by atoms with Crippen molar-refractivity contribution in [2.75, 3.05) is 5.32 Å². The van der Waals surface area contributed by atoms with Gasteiger partial charge in [0.15, 0.2) is 0 Å². The number of benzene rings is 1. The third kappa shape index (κ3) is 1.55. The molecule has 84 valence electrons. The third-order valence-electron chi connectivity index (χ3n) is 2.71. The predicted molar refractivity (Wildman–Crippen MR) is 60.1 cm³/mol. The number of amides is 1. The molecule has 0 aromatic heterocycles. The summed E-state index contributed by atoms with van der Waals surface area (Å²) in [4.78, 5) is 22.6. The van der Waals surface area contributed by atoms with E-state index in [1.165, 1.54) is 6.07 Å². The third-order valence-corrected chi connectivity index (χ3v) is 2.93. The summed E-state index contributed by atoms with van der Waals surface area (Å²) < 4.78 is 0. The lowest BCUT2D eigenvalue weighted by atomic mass is 9.96. The average Bonchev–Trinajstić information content (AvgIpc) is 2.52. The first-order valence-corrected chi connectivity index (χ1v) is 5.30. The predicted octanol–water partition coefficient (Wildman–Crippen LogP) is 2.48. The van der Waals surface area contributed by atoms with Crippen molar-refractivity contribution >= 4 is 29.2 Å². The maximum Gasteiger partial charge on any atom is 0.337 e. The Hall–Kier alpha value is -1.55. The van der Waals surface area contributed by atoms with Crippen LogP contribution in [0.4, 0.5) is 5.69 Å². The molecule has 0 spiro atoms. The smallest absolute Gasteiger partial charge is 0.337 e. The number of rotatable bonds is 2. The molecule has 4 nitrogen and oxygen atoms in total. The summed E-state index contributed by atoms with van der Waals surface area (Å²) in [5.41, 5.74) is 1.11. The number of fused-ring (bicyclic) bond motifs is 1. The first kappa shape index (κ1) is 11.0. The van der Waals surface area contributed by atoms with Crippen LogP contribution in [0.5, 0.6) is 0 Å². The standard InChI is InChI=1S/C11H10ClNO3/c1-2-6-7-3-5(12)4-8(11(15)16)9(7)13-10(6)14/h3-4,6H,2H2,1H3,(H,13,14)(H,15,16). The van der Waals surface area contributed by atoms with Gasteiger partial charge in [-0.3, -0.25) is 4.79 Å². The summed E-state index contributed by atoms with van der Waals surface area (Å²) in [7, 11) is 0. The quantitative estimate of drug-likeness (QED) is 0.833. The Labute approximate surface area is 97.2 Å². The summed E-state index contributed by atoms with van der Waals surface area (Å²) in [5, 5.41) is 11.9. The van der Waals surface area contributed by atoms with Crippen LogP contribution in [0.2, 0.25) is 5.02 Å². The monoisotopic (exact) mass is 239 g/mol. The molecule has 1 heterocycles. The minimum atomic E-state index is -1.09. The van der Waals surface area contributed by atoms with Crippen LogP contribution in [0, 0.1) is 0 Å². The maximum absolute atomic E-state index is 11.6. The molecule has 16 heavy (non-hydrogen) atoms. The maximum atomic E-state index is 11.6. The highest BCUT2D eigenvalue weighted by Crippen LogP contribution is 2.38. The first-order valence-electron chi connectivity index (χ1n) is 4.92. The van der Waals surface area contributed by atoms with E-state index in [0.717, 1.165) is 0 Å². The highest BCUT2D eigenvalue weighted by atomic mass is 35.5. The van der Waals surface area contributed by atoms with Crippen molar-refractivity contribution in [2.45, 2.75) is 19.3 Å². The van der Waals surface area contributed by atoms with Crippen LogP contribution in [0.1, 0.15) is 35.2 Å². The van der Waals surface area contributed by atoms with E-state index >= 15 is 0 Å². The van der Waals surface area contributed by atoms with Gasteiger partial charge in [-0.2, -0.15) is 0 Å². The van der Waals surface area contributed by atoms with Gasteiger partial charge in [0.2, 0.25) is 5.91 Å². The van der Waals surface area contributed by atoms with Crippen molar-refractivity contribution in [3.63, 3.8) is 0 Å². The van der Waals surface area contributed by atoms with E-state index in [0.29, 0.717) is 22.7 Å². The molecule has 5 heteroatoms. The Bertz CT molecular complexity index is 484. The van der Waals surface area contributed by atoms with Crippen LogP contribution in [0.25, 0.3) is 0 Å². The van der Waals surface area contributed by atoms with Gasteiger partial charge in [-0.15, -0.1) is 0 Å². The number of carboxylic acid groups (broad SMARTS) is 1. The Morgan fingerprint density at radius 3 is 2.81 bits per heavy atom. The zero-order valence-electron chi connectivity index (χ0n) is 8.58. The molecule has 0 aliphatic carbocycles. The van der Waals surface area contributed by atoms with Gasteiger partial charge < -0.3 is 10.4 Å². The highest BCUT2D eigenvalue weighted by Gasteiger charge is 2.32. The number of halogens is 1. The van der Waals surface area contributed by atoms with Gasteiger partial charge in [0.1, 0.15) is 0 Å². The second-order valence-electron chi connectivity index (χ2n) is 3.67. The Kier molecular flexibility index (Phi) is 2.59. The number of hydrogen-bond acceptors (Lipinski definition) is 2. The molecule has 1 aliphatic rings. The van der Waals surface area contributed by atoms with Gasteiger partial charge in [-0.05, 0) is 24.1 Å². The second-order valence-corrected chi connectivity index (χ2v) is 4.11. The van der Waals surface area contributed by atoms with Gasteiger partial charge in [-0.1, -0.05) is 18.5 Å². The van der Waals surface area contributed by atoms with Crippen molar-refractivity contribution in [3.8, 4) is 0 Å². The lowest BCUT2D eigenvalue weighted by Gasteiger charge is -2.07. The number of carboxylic acids is 1. The topological polar surface area (TPSA) is 66.4 Å². The molecule has 1 unspecified atom stereocenters. The van der Waals surface area contributed by atoms with Crippen LogP contribution < -0.4 is 5.32 Å². The summed E-state index contributed by atoms with van der Waals surface area (Å²) in [6.45, 7) is 1.88. The summed E-state index contributed by atoms with van der Waals surface area (Å²) >= 11 is 5.84. The molecular formula is C11H10ClNO3. The molecule has 0 fully saturated rings. The SMILES string of the molecule is CCC1C(=O)Nc2c(C(=O)O)cc(Cl)cc21. The van der Waals surface area contributed by atoms with Crippen LogP contribution in [0.3, 0.4) is 0 Å². The molecule has 0 radical (unpaired) electrons. The van der Waals surface area contributed by atoms with E-state index in [1.54, 1.807) is 6.07 Å². The van der Waals surface area contributed by atoms with Crippen LogP contribution >= 0.6 is 11.6 Å². The van der Waals surface area contributed by atoms with E-state index in [9.17, 15) is 9.59 Å². The molecule has 2 rings (SSSR count). The van der Waals surface area contributed by atoms with E-state index < -0.39 is 5.97 Å². The molecule has 0 saturated carbocycles. The minimum absolute atomic E-state index is 0.0480. The van der Waals surface area contributed by atoms with Crippen molar-refractivity contribution in [1.82, 2.24) is 0 Å². The van der Waals surface area contributed by atoms with Crippen molar-refractivity contribution in [3.05, 3.63) is 28.3 Å². The molecule has 1 aliphatic heterocycles. The van der Waals surface area contributed by atoms with Gasteiger partial charge in [0, 0.05) is 5.02 Å². The lowest BCUT2D eigenvalue weighted by Crippen LogP contribution is -2.11. The Morgan fingerprint density at radius 2 is 2.25 bits per heavy atom. The molecule has 1 aromatic rings. The number of carbonyl (C=O) groups is 2. The average molecular weight is 240 g/mol. The van der Waals surface area contributed by atoms with Crippen LogP contribution in [-0.4, -0.2) is 17.0 Å². The normalized spacial score (nSPS) is 18.1. The van der Waals surface area contributed by atoms with Crippen molar-refractivity contribution in [2.24, 2.45) is 0 Å². The number of aromatic carboxylic acids is 1. The largest absolute Gasteiger partial charge is 0.478 e. The summed E-state index contributed by atoms with van der Waals surface area (Å²) in [5.74, 6) is -1.55. The van der Waals surface area contributed by atoms with Gasteiger partial charge in [0.25, 0.3) is 0 Å². The molecule has 1 aromatic carbocycles. The molecule has 0 bridgehead atoms. The van der Waals surface area contributed by atoms with Crippen molar-refractivity contribution < 1.29 is 14.7 Å². The van der Waals surface area contributed by atoms with E-state index in [2.05, 4.69) is 5.32 Å². The fraction of sp³-hybridized carbons (Fsp3) is 0.273. The lowest BCUT2D eigenvalue weighted by molar-refractivity contribution is -0.117. The molecule has 2 N–H and O–H groups in total. The van der Waals surface area contributed by atoms with E-state index in [-0.39, 0.29) is 17.4 Å². The van der Waals surface area contributed by atoms with E-state index in [1.807, 2.05) is 6.92 Å². The number of carbonyl (C=O) groups excluding carboxylic acids is 1. The van der Waals surface area contributed by atoms with E-state index in [4.69, 9.17) is 16.7 Å². The fourth-order valence-corrected chi connectivity index (χ4v) is 2.19. The minimum Gasteiger partial charge on any atom is -0.478 e. The molecule has 1 amide bonds. The van der Waals surface area contributed by atoms with Gasteiger partial charge in [0.05, 0.1) is 17.2 Å². The fourth-order valence-electron chi connectivity index (χ4n) is 1.97. The highest BCUT2D eigenvalue weighted by molar-refractivity contribution is 6.31. The number of nitrogens with one attached hydrogen (secondary N) is 1. The van der Waals surface area contributed by atoms with Crippen LogP contribution in [-0.2, 0) is 4.79 Å².